The fourth-order valence-electron chi connectivity index (χ4n) is 1.65. The van der Waals surface area contributed by atoms with Crippen molar-refractivity contribution in [2.45, 2.75) is 26.3 Å². The van der Waals surface area contributed by atoms with E-state index in [-0.39, 0.29) is 0 Å². The van der Waals surface area contributed by atoms with E-state index in [1.165, 1.54) is 5.56 Å². The first-order chi connectivity index (χ1) is 7.90. The Morgan fingerprint density at radius 1 is 1.50 bits per heavy atom. The Balaban J connectivity index is 1.82. The zero-order chi connectivity index (χ0) is 11.2. The van der Waals surface area contributed by atoms with Gasteiger partial charge in [-0.05, 0) is 35.2 Å². The summed E-state index contributed by atoms with van der Waals surface area (Å²) in [6.07, 6.45) is 6.07. The summed E-state index contributed by atoms with van der Waals surface area (Å²) in [5.41, 5.74) is 1.39. The minimum absolute atomic E-state index is 0.942. The first kappa shape index (κ1) is 11.2. The van der Waals surface area contributed by atoms with Crippen LogP contribution in [0.25, 0.3) is 0 Å². The third-order valence-corrected chi connectivity index (χ3v) is 3.19. The van der Waals surface area contributed by atoms with Crippen LogP contribution in [0.15, 0.2) is 29.2 Å². The highest BCUT2D eigenvalue weighted by molar-refractivity contribution is 7.07. The van der Waals surface area contributed by atoms with Crippen molar-refractivity contribution in [2.75, 3.05) is 11.9 Å². The average molecular weight is 235 g/mol. The summed E-state index contributed by atoms with van der Waals surface area (Å²) in [5.74, 6) is 0.983. The second-order valence-electron chi connectivity index (χ2n) is 3.75. The largest absolute Gasteiger partial charge is 0.355 e. The summed E-state index contributed by atoms with van der Waals surface area (Å²) < 4.78 is 2.16. The van der Waals surface area contributed by atoms with Crippen molar-refractivity contribution in [3.8, 4) is 0 Å². The topological polar surface area (TPSA) is 29.9 Å². The summed E-state index contributed by atoms with van der Waals surface area (Å²) in [7, 11) is 0. The van der Waals surface area contributed by atoms with Gasteiger partial charge in [0.15, 0.2) is 0 Å². The molecule has 2 aromatic rings. The molecule has 0 amide bonds. The van der Waals surface area contributed by atoms with E-state index in [9.17, 15) is 0 Å². The summed E-state index contributed by atoms with van der Waals surface area (Å²) in [6.45, 7) is 4.15. The molecule has 0 fully saturated rings. The van der Waals surface area contributed by atoms with Gasteiger partial charge in [-0.3, -0.25) is 0 Å². The molecule has 0 atom stereocenters. The zero-order valence-corrected chi connectivity index (χ0v) is 10.3. The van der Waals surface area contributed by atoms with E-state index in [2.05, 4.69) is 38.6 Å². The lowest BCUT2D eigenvalue weighted by Crippen LogP contribution is -2.10. The number of aryl methyl sites for hydroxylation is 1. The Morgan fingerprint density at radius 2 is 2.44 bits per heavy atom. The van der Waals surface area contributed by atoms with Gasteiger partial charge < -0.3 is 9.88 Å². The number of rotatable bonds is 6. The van der Waals surface area contributed by atoms with E-state index in [4.69, 9.17) is 0 Å². The molecule has 1 N–H and O–H groups in total. The number of hydrogen-bond acceptors (Lipinski definition) is 3. The van der Waals surface area contributed by atoms with Crippen molar-refractivity contribution in [1.29, 1.82) is 0 Å². The number of hydrogen-bond donors (Lipinski definition) is 1. The number of imidazole rings is 1. The minimum Gasteiger partial charge on any atom is -0.355 e. The van der Waals surface area contributed by atoms with E-state index in [1.807, 2.05) is 12.4 Å². The second kappa shape index (κ2) is 5.70. The van der Waals surface area contributed by atoms with Crippen molar-refractivity contribution < 1.29 is 0 Å². The Hall–Kier alpha value is -1.29. The van der Waals surface area contributed by atoms with Crippen LogP contribution in [0.1, 0.15) is 18.9 Å². The predicted molar refractivity (Wildman–Crippen MR) is 69.0 cm³/mol. The number of thiophene rings is 1. The molecular weight excluding hydrogens is 218 g/mol. The fraction of sp³-hybridized carbons (Fsp3) is 0.417. The number of aromatic nitrogens is 2. The number of anilines is 1. The molecule has 0 aromatic carbocycles. The Morgan fingerprint density at radius 3 is 3.19 bits per heavy atom. The second-order valence-corrected chi connectivity index (χ2v) is 4.53. The van der Waals surface area contributed by atoms with Gasteiger partial charge in [-0.15, -0.1) is 0 Å². The molecule has 3 nitrogen and oxygen atoms in total. The molecule has 0 unspecified atom stereocenters. The highest BCUT2D eigenvalue weighted by Gasteiger charge is 2.00. The van der Waals surface area contributed by atoms with Gasteiger partial charge in [0.2, 0.25) is 5.95 Å². The Bertz CT molecular complexity index is 406. The molecule has 2 heterocycles. The summed E-state index contributed by atoms with van der Waals surface area (Å²) >= 11 is 1.75. The average Bonchev–Trinajstić information content (AvgIpc) is 2.91. The number of nitrogens with one attached hydrogen (secondary N) is 1. The first-order valence-corrected chi connectivity index (χ1v) is 6.60. The van der Waals surface area contributed by atoms with Crippen LogP contribution < -0.4 is 5.32 Å². The normalized spacial score (nSPS) is 10.6. The first-order valence-electron chi connectivity index (χ1n) is 5.66. The van der Waals surface area contributed by atoms with Gasteiger partial charge in [0.1, 0.15) is 0 Å². The van der Waals surface area contributed by atoms with Gasteiger partial charge in [0.25, 0.3) is 0 Å². The van der Waals surface area contributed by atoms with E-state index in [0.29, 0.717) is 0 Å². The maximum atomic E-state index is 4.31. The molecule has 0 aliphatic carbocycles. The van der Waals surface area contributed by atoms with E-state index in [0.717, 1.165) is 31.9 Å². The molecule has 16 heavy (non-hydrogen) atoms. The van der Waals surface area contributed by atoms with Crippen LogP contribution in [0.4, 0.5) is 5.95 Å². The molecule has 2 aromatic heterocycles. The highest BCUT2D eigenvalue weighted by Crippen LogP contribution is 2.08. The summed E-state index contributed by atoms with van der Waals surface area (Å²) in [6, 6.07) is 2.17. The van der Waals surface area contributed by atoms with Gasteiger partial charge in [-0.25, -0.2) is 4.98 Å². The molecule has 4 heteroatoms. The van der Waals surface area contributed by atoms with Crippen molar-refractivity contribution in [1.82, 2.24) is 9.55 Å². The smallest absolute Gasteiger partial charge is 0.202 e. The number of nitrogens with zero attached hydrogens (tertiary/aromatic N) is 2. The lowest BCUT2D eigenvalue weighted by Gasteiger charge is -2.07. The van der Waals surface area contributed by atoms with Gasteiger partial charge >= 0.3 is 0 Å². The molecule has 0 aliphatic rings. The standard InChI is InChI=1S/C12H17N3S/c1-2-7-15-8-6-14-12(15)13-5-3-11-4-9-16-10-11/h4,6,8-10H,2-3,5,7H2,1H3,(H,13,14). The maximum absolute atomic E-state index is 4.31. The van der Waals surface area contributed by atoms with Crippen molar-refractivity contribution >= 4 is 17.3 Å². The quantitative estimate of drug-likeness (QED) is 0.834. The lowest BCUT2D eigenvalue weighted by molar-refractivity contribution is 0.682. The van der Waals surface area contributed by atoms with Crippen LogP contribution in [0.2, 0.25) is 0 Å². The molecule has 0 aliphatic heterocycles. The third kappa shape index (κ3) is 2.85. The van der Waals surface area contributed by atoms with Gasteiger partial charge in [-0.2, -0.15) is 11.3 Å². The van der Waals surface area contributed by atoms with E-state index >= 15 is 0 Å². The van der Waals surface area contributed by atoms with E-state index < -0.39 is 0 Å². The Kier molecular flexibility index (Phi) is 3.99. The molecular formula is C12H17N3S. The predicted octanol–water partition coefficient (Wildman–Crippen LogP) is 3.01. The molecule has 86 valence electrons. The van der Waals surface area contributed by atoms with Gasteiger partial charge in [0, 0.05) is 25.5 Å². The Labute approximate surface area is 100 Å². The van der Waals surface area contributed by atoms with E-state index in [1.54, 1.807) is 11.3 Å². The van der Waals surface area contributed by atoms with Crippen LogP contribution in [0, 0.1) is 0 Å². The van der Waals surface area contributed by atoms with Gasteiger partial charge in [-0.1, -0.05) is 6.92 Å². The lowest BCUT2D eigenvalue weighted by atomic mass is 10.2. The van der Waals surface area contributed by atoms with Crippen molar-refractivity contribution in [2.24, 2.45) is 0 Å². The molecule has 0 saturated carbocycles. The monoisotopic (exact) mass is 235 g/mol. The molecule has 2 rings (SSSR count). The van der Waals surface area contributed by atoms with Crippen LogP contribution in [-0.2, 0) is 13.0 Å². The summed E-state index contributed by atoms with van der Waals surface area (Å²) in [4.78, 5) is 4.31. The molecule has 0 radical (unpaired) electrons. The molecule has 0 saturated heterocycles. The van der Waals surface area contributed by atoms with Crippen LogP contribution in [0.5, 0.6) is 0 Å². The minimum atomic E-state index is 0.942. The van der Waals surface area contributed by atoms with Crippen LogP contribution in [-0.4, -0.2) is 16.1 Å². The zero-order valence-electron chi connectivity index (χ0n) is 9.52. The molecule has 0 bridgehead atoms. The molecule has 0 spiro atoms. The summed E-state index contributed by atoms with van der Waals surface area (Å²) in [5, 5.41) is 7.69. The fourth-order valence-corrected chi connectivity index (χ4v) is 2.35. The van der Waals surface area contributed by atoms with Gasteiger partial charge in [0.05, 0.1) is 0 Å². The maximum Gasteiger partial charge on any atom is 0.202 e. The SMILES string of the molecule is CCCn1ccnc1NCCc1ccsc1. The highest BCUT2D eigenvalue weighted by atomic mass is 32.1. The third-order valence-electron chi connectivity index (χ3n) is 2.46. The van der Waals surface area contributed by atoms with Crippen LogP contribution in [0.3, 0.4) is 0 Å². The van der Waals surface area contributed by atoms with Crippen LogP contribution >= 0.6 is 11.3 Å². The van der Waals surface area contributed by atoms with Crippen molar-refractivity contribution in [3.05, 3.63) is 34.8 Å². The van der Waals surface area contributed by atoms with Crippen molar-refractivity contribution in [3.63, 3.8) is 0 Å².